The number of ether oxygens (including phenoxy) is 1. The van der Waals surface area contributed by atoms with Crippen LogP contribution in [0.25, 0.3) is 17.0 Å². The molecule has 0 saturated heterocycles. The van der Waals surface area contributed by atoms with Crippen LogP contribution < -0.4 is 0 Å². The number of hydrogen-bond donors (Lipinski definition) is 1. The van der Waals surface area contributed by atoms with E-state index in [2.05, 4.69) is 4.98 Å². The molecule has 0 spiro atoms. The Hall–Kier alpha value is -4.34. The summed E-state index contributed by atoms with van der Waals surface area (Å²) in [4.78, 5) is 40.9. The van der Waals surface area contributed by atoms with Crippen LogP contribution in [0.3, 0.4) is 0 Å². The van der Waals surface area contributed by atoms with Crippen molar-refractivity contribution in [3.63, 3.8) is 0 Å². The van der Waals surface area contributed by atoms with Gasteiger partial charge in [0.1, 0.15) is 35.1 Å². The van der Waals surface area contributed by atoms with Crippen LogP contribution in [0.2, 0.25) is 0 Å². The molecule has 2 aromatic heterocycles. The van der Waals surface area contributed by atoms with Crippen LogP contribution in [0.1, 0.15) is 49.2 Å². The molecule has 10 nitrogen and oxygen atoms in total. The van der Waals surface area contributed by atoms with Crippen molar-refractivity contribution in [2.24, 2.45) is 0 Å². The number of benzene rings is 2. The first kappa shape index (κ1) is 35.0. The van der Waals surface area contributed by atoms with E-state index in [1.165, 1.54) is 52.1 Å². The van der Waals surface area contributed by atoms with Gasteiger partial charge in [0.25, 0.3) is 5.69 Å². The minimum Gasteiger partial charge on any atom is -0.478 e. The Morgan fingerprint density at radius 2 is 1.90 bits per heavy atom. The minimum absolute atomic E-state index is 0.0168. The van der Waals surface area contributed by atoms with Gasteiger partial charge in [-0.1, -0.05) is 29.0 Å². The highest BCUT2D eigenvalue weighted by atomic mass is 33.1. The normalized spacial score (nSPS) is 16.7. The van der Waals surface area contributed by atoms with Crippen LogP contribution in [-0.2, 0) is 16.0 Å². The van der Waals surface area contributed by atoms with Gasteiger partial charge in [-0.05, 0) is 79.5 Å². The molecule has 1 aliphatic heterocycles. The summed E-state index contributed by atoms with van der Waals surface area (Å²) in [6, 6.07) is 10.3. The van der Waals surface area contributed by atoms with Gasteiger partial charge >= 0.3 is 12.1 Å². The maximum absolute atomic E-state index is 16.0. The zero-order chi connectivity index (χ0) is 34.7. The lowest BCUT2D eigenvalue weighted by molar-refractivity contribution is -0.385. The maximum atomic E-state index is 16.0. The Kier molecular flexibility index (Phi) is 10.5. The second-order valence-electron chi connectivity index (χ2n) is 11.8. The summed E-state index contributed by atoms with van der Waals surface area (Å²) < 4.78 is 54.3. The monoisotopic (exact) mass is 700 g/mol. The molecule has 252 valence electrons. The highest BCUT2D eigenvalue weighted by Crippen LogP contribution is 2.45. The van der Waals surface area contributed by atoms with E-state index in [9.17, 15) is 19.7 Å². The molecule has 2 aromatic carbocycles. The zero-order valence-corrected chi connectivity index (χ0v) is 27.7. The van der Waals surface area contributed by atoms with Gasteiger partial charge in [0.2, 0.25) is 0 Å². The number of nitrogens with zero attached hydrogens (tertiary/aromatic N) is 4. The topological polar surface area (TPSA) is 128 Å². The summed E-state index contributed by atoms with van der Waals surface area (Å²) in [7, 11) is 2.56. The molecule has 1 N–H and O–H groups in total. The molecule has 0 amide bonds. The van der Waals surface area contributed by atoms with Crippen molar-refractivity contribution in [3.8, 4) is 0 Å². The van der Waals surface area contributed by atoms with Crippen molar-refractivity contribution in [2.45, 2.75) is 50.0 Å². The second-order valence-corrected chi connectivity index (χ2v) is 14.2. The van der Waals surface area contributed by atoms with Gasteiger partial charge in [-0.15, -0.1) is 0 Å². The third kappa shape index (κ3) is 7.69. The van der Waals surface area contributed by atoms with Gasteiger partial charge in [0, 0.05) is 41.4 Å². The predicted molar refractivity (Wildman–Crippen MR) is 178 cm³/mol. The van der Waals surface area contributed by atoms with Gasteiger partial charge in [-0.25, -0.2) is 32.3 Å². The molecule has 0 saturated carbocycles. The number of aromatic nitrogens is 2. The van der Waals surface area contributed by atoms with Crippen LogP contribution in [0.5, 0.6) is 0 Å². The first-order valence-corrected chi connectivity index (χ1v) is 17.1. The molecule has 1 aliphatic rings. The van der Waals surface area contributed by atoms with Crippen molar-refractivity contribution in [1.29, 1.82) is 0 Å². The molecular weight excluding hydrogens is 670 g/mol. The van der Waals surface area contributed by atoms with E-state index in [0.29, 0.717) is 33.7 Å². The molecule has 48 heavy (non-hydrogen) atoms. The number of hydrogen-bond acceptors (Lipinski definition) is 9. The van der Waals surface area contributed by atoms with Crippen molar-refractivity contribution >= 4 is 56.3 Å². The Balaban J connectivity index is 1.51. The molecule has 4 aromatic rings. The van der Waals surface area contributed by atoms with E-state index in [1.54, 1.807) is 23.1 Å². The van der Waals surface area contributed by atoms with Gasteiger partial charge in [0.05, 0.1) is 22.2 Å². The molecule has 0 bridgehead atoms. The number of carboxylic acid groups (broad SMARTS) is 1. The molecular formula is C33H31F3N4O6S2. The first-order valence-electron chi connectivity index (χ1n) is 14.8. The number of nitro groups is 1. The Bertz CT molecular complexity index is 1870. The van der Waals surface area contributed by atoms with Crippen LogP contribution >= 0.6 is 21.6 Å². The lowest BCUT2D eigenvalue weighted by Gasteiger charge is -2.43. The summed E-state index contributed by atoms with van der Waals surface area (Å²) in [6.07, 6.45) is 2.56. The summed E-state index contributed by atoms with van der Waals surface area (Å²) >= 11 is 0. The quantitative estimate of drug-likeness (QED) is 0.0544. The number of rotatable bonds is 11. The number of carbonyl (C=O) groups excluding carboxylic acids is 1. The first-order chi connectivity index (χ1) is 22.7. The van der Waals surface area contributed by atoms with Crippen LogP contribution in [-0.4, -0.2) is 67.2 Å². The molecule has 5 rings (SSSR count). The zero-order valence-electron chi connectivity index (χ0n) is 26.1. The highest BCUT2D eigenvalue weighted by molar-refractivity contribution is 8.76. The van der Waals surface area contributed by atoms with Gasteiger partial charge in [0.15, 0.2) is 0 Å². The number of fused-ring (bicyclic) bond motifs is 3. The molecule has 0 aliphatic carbocycles. The fourth-order valence-corrected chi connectivity index (χ4v) is 7.51. The predicted octanol–water partition coefficient (Wildman–Crippen LogP) is 7.83. The van der Waals surface area contributed by atoms with Crippen molar-refractivity contribution in [2.75, 3.05) is 18.9 Å². The standard InChI is InChI=1S/C33H31F3N4O6S2/c1-19-14-23-22-6-4-5-7-26(22)39(32(43)46-12-13-47-48-27-10-9-21(17-37-27)40(44)45)30(23)31(38(19)18-33(2,3)36)29-24(34)15-20(16-25(29)35)8-11-28(41)42/h4-11,15-17,19,31H,12-14,18H2,1-3H3,(H,41,42)/b11-8+/t19-,31?/m1/s1. The fraction of sp³-hybridized carbons (Fsp3) is 0.303. The number of alkyl halides is 1. The minimum atomic E-state index is -1.77. The summed E-state index contributed by atoms with van der Waals surface area (Å²) in [6.45, 7) is 4.31. The largest absolute Gasteiger partial charge is 0.478 e. The van der Waals surface area contributed by atoms with E-state index < -0.39 is 45.9 Å². The van der Waals surface area contributed by atoms with E-state index in [4.69, 9.17) is 9.84 Å². The summed E-state index contributed by atoms with van der Waals surface area (Å²) in [5.41, 5.74) is -0.928. The van der Waals surface area contributed by atoms with Gasteiger partial charge in [-0.2, -0.15) is 0 Å². The fourth-order valence-electron chi connectivity index (χ4n) is 5.82. The molecule has 15 heteroatoms. The number of halogens is 3. The molecule has 0 fully saturated rings. The van der Waals surface area contributed by atoms with Crippen molar-refractivity contribution in [3.05, 3.63) is 105 Å². The van der Waals surface area contributed by atoms with Crippen LogP contribution in [0, 0.1) is 21.7 Å². The highest BCUT2D eigenvalue weighted by Gasteiger charge is 2.43. The number of pyridine rings is 1. The summed E-state index contributed by atoms with van der Waals surface area (Å²) in [5.74, 6) is -2.92. The molecule has 0 radical (unpaired) electrons. The van der Waals surface area contributed by atoms with Crippen molar-refractivity contribution in [1.82, 2.24) is 14.5 Å². The lowest BCUT2D eigenvalue weighted by atomic mass is 9.86. The van der Waals surface area contributed by atoms with E-state index in [-0.39, 0.29) is 36.1 Å². The SMILES string of the molecule is C[C@@H]1Cc2c(n(C(=O)OCCSSc3ccc([N+](=O)[O-])cn3)c3ccccc23)C(c2c(F)cc(/C=C/C(=O)O)cc2F)N1CC(C)(C)F. The molecule has 1 unspecified atom stereocenters. The average molecular weight is 701 g/mol. The molecule has 3 heterocycles. The number of carboxylic acids is 1. The van der Waals surface area contributed by atoms with Gasteiger partial charge in [-0.3, -0.25) is 15.0 Å². The summed E-state index contributed by atoms with van der Waals surface area (Å²) in [5, 5.41) is 21.1. The lowest BCUT2D eigenvalue weighted by Crippen LogP contribution is -2.49. The molecule has 2 atom stereocenters. The van der Waals surface area contributed by atoms with E-state index in [0.717, 1.165) is 30.5 Å². The third-order valence-corrected chi connectivity index (χ3v) is 9.91. The third-order valence-electron chi connectivity index (χ3n) is 7.68. The number of para-hydroxylation sites is 1. The van der Waals surface area contributed by atoms with E-state index in [1.807, 2.05) is 13.0 Å². The number of aliphatic carboxylic acids is 1. The van der Waals surface area contributed by atoms with E-state index >= 15 is 13.2 Å². The number of carbonyl (C=O) groups is 2. The second kappa shape index (κ2) is 14.4. The average Bonchev–Trinajstić information content (AvgIpc) is 3.34. The Labute approximate surface area is 281 Å². The maximum Gasteiger partial charge on any atom is 0.418 e. The Morgan fingerprint density at radius 3 is 2.52 bits per heavy atom. The van der Waals surface area contributed by atoms with Crippen LogP contribution in [0.15, 0.2) is 65.8 Å². The smallest absolute Gasteiger partial charge is 0.418 e. The Morgan fingerprint density at radius 1 is 1.19 bits per heavy atom. The van der Waals surface area contributed by atoms with Gasteiger partial charge < -0.3 is 9.84 Å². The van der Waals surface area contributed by atoms with Crippen molar-refractivity contribution < 1.29 is 37.5 Å². The van der Waals surface area contributed by atoms with Crippen LogP contribution in [0.4, 0.5) is 23.7 Å².